The van der Waals surface area contributed by atoms with Gasteiger partial charge in [-0.05, 0) is 64.2 Å². The van der Waals surface area contributed by atoms with E-state index in [1.807, 2.05) is 73.9 Å². The average molecular weight is 680 g/mol. The van der Waals surface area contributed by atoms with Gasteiger partial charge in [-0.2, -0.15) is 0 Å². The van der Waals surface area contributed by atoms with E-state index in [-0.39, 0.29) is 30.3 Å². The van der Waals surface area contributed by atoms with Crippen molar-refractivity contribution in [1.29, 1.82) is 0 Å². The third-order valence-corrected chi connectivity index (χ3v) is 9.22. The molecule has 2 amide bonds. The van der Waals surface area contributed by atoms with Crippen LogP contribution in [0.5, 0.6) is 0 Å². The van der Waals surface area contributed by atoms with Crippen LogP contribution < -0.4 is 0 Å². The van der Waals surface area contributed by atoms with E-state index in [2.05, 4.69) is 23.6 Å². The summed E-state index contributed by atoms with van der Waals surface area (Å²) in [6.07, 6.45) is 4.37. The third-order valence-electron chi connectivity index (χ3n) is 9.22. The second kappa shape index (κ2) is 14.7. The van der Waals surface area contributed by atoms with Crippen LogP contribution in [-0.2, 0) is 22.5 Å². The van der Waals surface area contributed by atoms with Crippen LogP contribution in [0, 0.1) is 0 Å². The fourth-order valence-corrected chi connectivity index (χ4v) is 6.86. The van der Waals surface area contributed by atoms with Gasteiger partial charge in [0.25, 0.3) is 0 Å². The van der Waals surface area contributed by atoms with Gasteiger partial charge in [0.05, 0.1) is 30.3 Å². The van der Waals surface area contributed by atoms with E-state index >= 15 is 0 Å². The molecule has 262 valence electrons. The smallest absolute Gasteiger partial charge is 0.410 e. The highest BCUT2D eigenvalue weighted by Crippen LogP contribution is 2.36. The summed E-state index contributed by atoms with van der Waals surface area (Å²) in [7, 11) is 0. The third kappa shape index (κ3) is 7.77. The molecule has 2 aromatic carbocycles. The van der Waals surface area contributed by atoms with Crippen LogP contribution in [0.15, 0.2) is 90.1 Å². The molecule has 4 aromatic rings. The van der Waals surface area contributed by atoms with Gasteiger partial charge in [0.15, 0.2) is 0 Å². The molecule has 2 fully saturated rings. The summed E-state index contributed by atoms with van der Waals surface area (Å²) in [5.41, 5.74) is 3.66. The van der Waals surface area contributed by atoms with Crippen molar-refractivity contribution < 1.29 is 28.6 Å². The van der Waals surface area contributed by atoms with Crippen LogP contribution in [0.3, 0.4) is 0 Å². The fraction of sp³-hybridized carbons (Fsp3) is 0.385. The van der Waals surface area contributed by atoms with E-state index in [1.54, 1.807) is 22.2 Å². The molecule has 0 aliphatic carbocycles. The van der Waals surface area contributed by atoms with Gasteiger partial charge < -0.3 is 33.5 Å². The number of furan rings is 1. The van der Waals surface area contributed by atoms with E-state index in [0.717, 1.165) is 35.4 Å². The lowest BCUT2D eigenvalue weighted by Crippen LogP contribution is -2.55. The minimum Gasteiger partial charge on any atom is -0.475 e. The number of carbonyl (C=O) groups excluding carboxylic acids is 2. The van der Waals surface area contributed by atoms with Crippen LogP contribution in [0.4, 0.5) is 4.79 Å². The molecule has 2 aliphatic rings. The highest BCUT2D eigenvalue weighted by Gasteiger charge is 2.36. The number of aromatic carboxylic acids is 1. The summed E-state index contributed by atoms with van der Waals surface area (Å²) in [4.78, 5) is 49.5. The first kappa shape index (κ1) is 34.5. The van der Waals surface area contributed by atoms with Crippen molar-refractivity contribution in [2.45, 2.75) is 70.7 Å². The minimum absolute atomic E-state index is 0.0737. The Kier molecular flexibility index (Phi) is 10.1. The predicted molar refractivity (Wildman–Crippen MR) is 189 cm³/mol. The molecule has 1 N–H and O–H groups in total. The van der Waals surface area contributed by atoms with Crippen LogP contribution >= 0.6 is 0 Å². The largest absolute Gasteiger partial charge is 0.475 e. The summed E-state index contributed by atoms with van der Waals surface area (Å²) in [6.45, 7) is 12.4. The summed E-state index contributed by atoms with van der Waals surface area (Å²) in [5.74, 6) is -0.947. The van der Waals surface area contributed by atoms with Crippen LogP contribution in [-0.4, -0.2) is 85.1 Å². The Morgan fingerprint density at radius 2 is 1.70 bits per heavy atom. The lowest BCUT2D eigenvalue weighted by Gasteiger charge is -2.43. The van der Waals surface area contributed by atoms with Crippen molar-refractivity contribution in [2.75, 3.05) is 26.2 Å². The molecular weight excluding hydrogens is 634 g/mol. The van der Waals surface area contributed by atoms with Gasteiger partial charge in [-0.1, -0.05) is 67.2 Å². The van der Waals surface area contributed by atoms with Gasteiger partial charge in [-0.15, -0.1) is 0 Å². The molecule has 0 bridgehead atoms. The maximum atomic E-state index is 14.2. The molecule has 11 heteroatoms. The Labute approximate surface area is 292 Å². The summed E-state index contributed by atoms with van der Waals surface area (Å²) in [5, 5.41) is 9.32. The number of rotatable bonds is 9. The lowest BCUT2D eigenvalue weighted by molar-refractivity contribution is -0.135. The standard InChI is InChI=1S/C39H45N5O6/c1-27(43-22-21-42(38(48)50-39(2,3)4)24-30(43)23-28-13-7-5-8-14-28)34-35(29-15-9-6-10-16-29)44(26-40-34)32-17-11-12-20-41(36(32)45)25-31-18-19-33(49-31)37(46)47/h5-10,13-16,18-19,26,30,32H,1,11-12,17,20-25H2,2-4H3,(H,46,47)/t30-,32?/m1/s1. The molecule has 1 unspecified atom stereocenters. The zero-order valence-corrected chi connectivity index (χ0v) is 29.0. The molecule has 2 atom stereocenters. The van der Waals surface area contributed by atoms with Gasteiger partial charge in [-0.3, -0.25) is 4.79 Å². The van der Waals surface area contributed by atoms with Crippen LogP contribution in [0.25, 0.3) is 17.0 Å². The van der Waals surface area contributed by atoms with Gasteiger partial charge in [0.2, 0.25) is 11.7 Å². The number of benzene rings is 2. The number of ether oxygens (including phenoxy) is 1. The normalized spacial score (nSPS) is 18.5. The molecule has 2 aliphatic heterocycles. The highest BCUT2D eigenvalue weighted by atomic mass is 16.6. The first-order chi connectivity index (χ1) is 24.0. The number of carboxylic acid groups (broad SMARTS) is 1. The monoisotopic (exact) mass is 679 g/mol. The summed E-state index contributed by atoms with van der Waals surface area (Å²) in [6, 6.07) is 22.5. The van der Waals surface area contributed by atoms with E-state index in [4.69, 9.17) is 14.1 Å². The Hall–Kier alpha value is -5.32. The van der Waals surface area contributed by atoms with E-state index in [0.29, 0.717) is 50.5 Å². The first-order valence-electron chi connectivity index (χ1n) is 17.2. The van der Waals surface area contributed by atoms with E-state index in [9.17, 15) is 19.5 Å². The second-order valence-electron chi connectivity index (χ2n) is 14.0. The molecule has 4 heterocycles. The molecular formula is C39H45N5O6. The first-order valence-corrected chi connectivity index (χ1v) is 17.2. The van der Waals surface area contributed by atoms with Crippen molar-refractivity contribution in [3.63, 3.8) is 0 Å². The van der Waals surface area contributed by atoms with Crippen molar-refractivity contribution in [1.82, 2.24) is 24.3 Å². The second-order valence-corrected chi connectivity index (χ2v) is 14.0. The minimum atomic E-state index is -1.15. The Bertz CT molecular complexity index is 1830. The Balaban J connectivity index is 1.33. The zero-order valence-electron chi connectivity index (χ0n) is 29.0. The van der Waals surface area contributed by atoms with Crippen molar-refractivity contribution >= 4 is 23.7 Å². The predicted octanol–water partition coefficient (Wildman–Crippen LogP) is 6.73. The topological polar surface area (TPSA) is 121 Å². The molecule has 2 aromatic heterocycles. The van der Waals surface area contributed by atoms with Crippen LogP contribution in [0.1, 0.15) is 73.6 Å². The zero-order chi connectivity index (χ0) is 35.4. The maximum Gasteiger partial charge on any atom is 0.410 e. The number of nitrogens with zero attached hydrogens (tertiary/aromatic N) is 5. The Morgan fingerprint density at radius 1 is 0.980 bits per heavy atom. The lowest BCUT2D eigenvalue weighted by atomic mass is 9.99. The number of carboxylic acids is 1. The number of hydrogen-bond acceptors (Lipinski definition) is 7. The molecule has 0 spiro atoms. The Morgan fingerprint density at radius 3 is 2.38 bits per heavy atom. The molecule has 11 nitrogen and oxygen atoms in total. The molecule has 50 heavy (non-hydrogen) atoms. The van der Waals surface area contributed by atoms with Gasteiger partial charge in [0.1, 0.15) is 23.1 Å². The van der Waals surface area contributed by atoms with Gasteiger partial charge in [-0.25, -0.2) is 14.6 Å². The van der Waals surface area contributed by atoms with E-state index in [1.165, 1.54) is 6.07 Å². The molecule has 2 saturated heterocycles. The number of hydrogen-bond donors (Lipinski definition) is 1. The fourth-order valence-electron chi connectivity index (χ4n) is 6.86. The summed E-state index contributed by atoms with van der Waals surface area (Å²) >= 11 is 0. The van der Waals surface area contributed by atoms with Crippen molar-refractivity contribution in [2.24, 2.45) is 0 Å². The number of piperazine rings is 1. The van der Waals surface area contributed by atoms with Gasteiger partial charge >= 0.3 is 12.1 Å². The van der Waals surface area contributed by atoms with Crippen molar-refractivity contribution in [3.8, 4) is 11.3 Å². The summed E-state index contributed by atoms with van der Waals surface area (Å²) < 4.78 is 13.2. The van der Waals surface area contributed by atoms with Crippen molar-refractivity contribution in [3.05, 3.63) is 108 Å². The van der Waals surface area contributed by atoms with E-state index < -0.39 is 17.6 Å². The molecule has 0 saturated carbocycles. The number of imidazole rings is 1. The number of carbonyl (C=O) groups is 3. The molecule has 6 rings (SSSR count). The highest BCUT2D eigenvalue weighted by molar-refractivity contribution is 5.85. The average Bonchev–Trinajstić information content (AvgIpc) is 3.71. The number of likely N-dealkylation sites (tertiary alicyclic amines) is 1. The number of amides is 2. The SMILES string of the molecule is C=C(c1ncn(C2CCCCN(Cc3ccc(C(=O)O)o3)C2=O)c1-c1ccccc1)N1CCN(C(=O)OC(C)(C)C)C[C@H]1Cc1ccccc1. The van der Waals surface area contributed by atoms with Gasteiger partial charge in [0, 0.05) is 31.7 Å². The van der Waals surface area contributed by atoms with Crippen LogP contribution in [0.2, 0.25) is 0 Å². The quantitative estimate of drug-likeness (QED) is 0.207. The number of aromatic nitrogens is 2. The molecule has 0 radical (unpaired) electrons. The maximum absolute atomic E-state index is 14.2.